The van der Waals surface area contributed by atoms with Crippen molar-refractivity contribution < 1.29 is 18.8 Å². The molecule has 4 rings (SSSR count). The van der Waals surface area contributed by atoms with Crippen LogP contribution in [-0.4, -0.2) is 34.2 Å². The number of ketones is 1. The Kier molecular flexibility index (Phi) is 6.93. The number of carbonyl (C=O) groups excluding carboxylic acids is 3. The van der Waals surface area contributed by atoms with Crippen molar-refractivity contribution >= 4 is 35.0 Å². The van der Waals surface area contributed by atoms with Crippen molar-refractivity contribution in [3.8, 4) is 0 Å². The Morgan fingerprint density at radius 2 is 1.74 bits per heavy atom. The van der Waals surface area contributed by atoms with Gasteiger partial charge in [0.25, 0.3) is 5.91 Å². The number of aromatic nitrogens is 1. The molecule has 0 saturated heterocycles. The van der Waals surface area contributed by atoms with E-state index in [0.29, 0.717) is 35.1 Å². The number of benzene rings is 2. The lowest BCUT2D eigenvalue weighted by molar-refractivity contribution is -0.117. The first-order chi connectivity index (χ1) is 16.7. The standard InChI is InChI=1S/C26H26ClFN4O3/c1-15(33)12-32-23(25(34)29-3)11-22(24(32)16(2)20-10-19(28)8-9-21(20)27)30-26(35)31-13-17-6-4-5-7-18(17)14-31/h4-11,16H,12-14H2,1-3H3,(H,29,34)(H,30,35)/t16-/m1/s1. The number of nitrogens with zero attached hydrogens (tertiary/aromatic N) is 2. The van der Waals surface area contributed by atoms with Gasteiger partial charge in [-0.1, -0.05) is 42.8 Å². The van der Waals surface area contributed by atoms with Gasteiger partial charge < -0.3 is 20.1 Å². The first-order valence-electron chi connectivity index (χ1n) is 11.2. The van der Waals surface area contributed by atoms with Crippen molar-refractivity contribution in [1.82, 2.24) is 14.8 Å². The van der Waals surface area contributed by atoms with Crippen molar-refractivity contribution in [3.05, 3.63) is 87.4 Å². The topological polar surface area (TPSA) is 83.4 Å². The van der Waals surface area contributed by atoms with E-state index in [1.165, 1.54) is 32.2 Å². The molecule has 0 spiro atoms. The summed E-state index contributed by atoms with van der Waals surface area (Å²) in [6.07, 6.45) is 0. The highest BCUT2D eigenvalue weighted by Crippen LogP contribution is 2.37. The second-order valence-corrected chi connectivity index (χ2v) is 9.05. The third-order valence-electron chi connectivity index (χ3n) is 6.18. The molecule has 1 aliphatic heterocycles. The number of hydrogen-bond donors (Lipinski definition) is 2. The van der Waals surface area contributed by atoms with Crippen LogP contribution in [0.5, 0.6) is 0 Å². The number of nitrogens with one attached hydrogen (secondary N) is 2. The van der Waals surface area contributed by atoms with Gasteiger partial charge in [-0.3, -0.25) is 9.59 Å². The Bertz CT molecular complexity index is 1290. The maximum atomic E-state index is 14.1. The number of hydrogen-bond acceptors (Lipinski definition) is 3. The molecule has 0 unspecified atom stereocenters. The Hall–Kier alpha value is -3.65. The minimum Gasteiger partial charge on any atom is -0.354 e. The highest BCUT2D eigenvalue weighted by molar-refractivity contribution is 6.31. The number of rotatable bonds is 6. The molecular weight excluding hydrogens is 471 g/mol. The molecule has 2 heterocycles. The van der Waals surface area contributed by atoms with Crippen LogP contribution in [0.4, 0.5) is 14.9 Å². The predicted octanol–water partition coefficient (Wildman–Crippen LogP) is 4.93. The van der Waals surface area contributed by atoms with E-state index in [4.69, 9.17) is 11.6 Å². The van der Waals surface area contributed by atoms with Gasteiger partial charge in [-0.15, -0.1) is 0 Å². The lowest BCUT2D eigenvalue weighted by atomic mass is 9.96. The van der Waals surface area contributed by atoms with Gasteiger partial charge in [0, 0.05) is 36.8 Å². The first kappa shape index (κ1) is 24.5. The monoisotopic (exact) mass is 496 g/mol. The fourth-order valence-corrected chi connectivity index (χ4v) is 4.79. The minimum absolute atomic E-state index is 0.0968. The molecule has 0 fully saturated rings. The van der Waals surface area contributed by atoms with Gasteiger partial charge in [0.15, 0.2) is 0 Å². The van der Waals surface area contributed by atoms with E-state index in [9.17, 15) is 18.8 Å². The first-order valence-corrected chi connectivity index (χ1v) is 11.6. The normalized spacial score (nSPS) is 13.3. The minimum atomic E-state index is -0.540. The van der Waals surface area contributed by atoms with Gasteiger partial charge in [0.05, 0.1) is 12.2 Å². The summed E-state index contributed by atoms with van der Waals surface area (Å²) in [5.74, 6) is -1.61. The van der Waals surface area contributed by atoms with Crippen LogP contribution >= 0.6 is 11.6 Å². The number of halogens is 2. The average Bonchev–Trinajstić information content (AvgIpc) is 3.41. The van der Waals surface area contributed by atoms with Gasteiger partial charge in [0.1, 0.15) is 17.3 Å². The van der Waals surface area contributed by atoms with Crippen LogP contribution < -0.4 is 10.6 Å². The zero-order valence-corrected chi connectivity index (χ0v) is 20.4. The Morgan fingerprint density at radius 1 is 1.09 bits per heavy atom. The van der Waals surface area contributed by atoms with Gasteiger partial charge >= 0.3 is 6.03 Å². The van der Waals surface area contributed by atoms with Crippen LogP contribution in [0, 0.1) is 5.82 Å². The maximum absolute atomic E-state index is 14.1. The molecule has 3 aromatic rings. The molecule has 1 aromatic heterocycles. The van der Waals surface area contributed by atoms with Gasteiger partial charge in [-0.2, -0.15) is 0 Å². The van der Waals surface area contributed by atoms with Crippen molar-refractivity contribution in [1.29, 1.82) is 0 Å². The third-order valence-corrected chi connectivity index (χ3v) is 6.53. The number of anilines is 1. The molecule has 2 N–H and O–H groups in total. The molecule has 0 saturated carbocycles. The van der Waals surface area contributed by atoms with Crippen LogP contribution in [-0.2, 0) is 24.4 Å². The summed E-state index contributed by atoms with van der Waals surface area (Å²) < 4.78 is 15.7. The largest absolute Gasteiger partial charge is 0.354 e. The summed E-state index contributed by atoms with van der Waals surface area (Å²) in [5.41, 5.74) is 3.67. The molecule has 7 nitrogen and oxygen atoms in total. The fourth-order valence-electron chi connectivity index (χ4n) is 4.50. The quantitative estimate of drug-likeness (QED) is 0.507. The van der Waals surface area contributed by atoms with E-state index in [1.807, 2.05) is 24.3 Å². The van der Waals surface area contributed by atoms with E-state index in [2.05, 4.69) is 10.6 Å². The van der Waals surface area contributed by atoms with Crippen molar-refractivity contribution in [3.63, 3.8) is 0 Å². The number of fused-ring (bicyclic) bond motifs is 1. The molecule has 1 atom stereocenters. The summed E-state index contributed by atoms with van der Waals surface area (Å²) in [6.45, 7) is 4.02. The van der Waals surface area contributed by atoms with Crippen molar-refractivity contribution in [2.24, 2.45) is 0 Å². The molecule has 1 aliphatic rings. The summed E-state index contributed by atoms with van der Waals surface area (Å²) >= 11 is 6.39. The number of amides is 3. The van der Waals surface area contributed by atoms with Crippen LogP contribution in [0.1, 0.15) is 52.6 Å². The SMILES string of the molecule is CNC(=O)c1cc(NC(=O)N2Cc3ccccc3C2)c([C@H](C)c2cc(F)ccc2Cl)n1CC(C)=O. The molecule has 3 amide bonds. The average molecular weight is 497 g/mol. The van der Waals surface area contributed by atoms with Gasteiger partial charge in [0.2, 0.25) is 0 Å². The van der Waals surface area contributed by atoms with E-state index in [0.717, 1.165) is 11.1 Å². The zero-order valence-electron chi connectivity index (χ0n) is 19.7. The van der Waals surface area contributed by atoms with Crippen molar-refractivity contribution in [2.75, 3.05) is 12.4 Å². The second-order valence-electron chi connectivity index (χ2n) is 8.64. The highest BCUT2D eigenvalue weighted by Gasteiger charge is 2.29. The maximum Gasteiger partial charge on any atom is 0.322 e. The van der Waals surface area contributed by atoms with Gasteiger partial charge in [-0.05, 0) is 47.9 Å². The second kappa shape index (κ2) is 9.92. The molecule has 0 radical (unpaired) electrons. The third kappa shape index (κ3) is 4.93. The predicted molar refractivity (Wildman–Crippen MR) is 132 cm³/mol. The van der Waals surface area contributed by atoms with E-state index in [-0.39, 0.29) is 24.1 Å². The smallest absolute Gasteiger partial charge is 0.322 e. The van der Waals surface area contributed by atoms with E-state index in [1.54, 1.807) is 22.5 Å². The lowest BCUT2D eigenvalue weighted by Gasteiger charge is -2.22. The van der Waals surface area contributed by atoms with Crippen LogP contribution in [0.3, 0.4) is 0 Å². The molecule has 0 bridgehead atoms. The Balaban J connectivity index is 1.77. The lowest BCUT2D eigenvalue weighted by Crippen LogP contribution is -2.30. The Labute approximate surface area is 207 Å². The summed E-state index contributed by atoms with van der Waals surface area (Å²) in [4.78, 5) is 39.8. The highest BCUT2D eigenvalue weighted by atomic mass is 35.5. The van der Waals surface area contributed by atoms with Crippen LogP contribution in [0.25, 0.3) is 0 Å². The van der Waals surface area contributed by atoms with E-state index < -0.39 is 17.6 Å². The molecule has 9 heteroatoms. The number of urea groups is 1. The molecule has 182 valence electrons. The summed E-state index contributed by atoms with van der Waals surface area (Å²) in [7, 11) is 1.49. The summed E-state index contributed by atoms with van der Waals surface area (Å²) in [6, 6.07) is 13.1. The number of carbonyl (C=O) groups is 3. The number of Topliss-reactive ketones (excluding diaryl/α,β-unsaturated/α-hetero) is 1. The molecule has 2 aromatic carbocycles. The molecule has 35 heavy (non-hydrogen) atoms. The van der Waals surface area contributed by atoms with Crippen LogP contribution in [0.15, 0.2) is 48.5 Å². The molecular formula is C26H26ClFN4O3. The van der Waals surface area contributed by atoms with E-state index >= 15 is 0 Å². The zero-order chi connectivity index (χ0) is 25.3. The Morgan fingerprint density at radius 3 is 2.34 bits per heavy atom. The summed E-state index contributed by atoms with van der Waals surface area (Å²) in [5, 5.41) is 5.83. The molecule has 0 aliphatic carbocycles. The van der Waals surface area contributed by atoms with Gasteiger partial charge in [-0.25, -0.2) is 9.18 Å². The van der Waals surface area contributed by atoms with Crippen molar-refractivity contribution in [2.45, 2.75) is 39.4 Å². The van der Waals surface area contributed by atoms with Crippen LogP contribution in [0.2, 0.25) is 5.02 Å². The fraction of sp³-hybridized carbons (Fsp3) is 0.269.